The van der Waals surface area contributed by atoms with Crippen molar-refractivity contribution in [1.82, 2.24) is 5.32 Å². The van der Waals surface area contributed by atoms with Gasteiger partial charge in [-0.25, -0.2) is 8.78 Å². The van der Waals surface area contributed by atoms with E-state index in [4.69, 9.17) is 9.47 Å². The summed E-state index contributed by atoms with van der Waals surface area (Å²) >= 11 is 0. The third-order valence-electron chi connectivity index (χ3n) is 2.47. The number of halogens is 4. The number of rotatable bonds is 4. The Morgan fingerprint density at radius 1 is 1.32 bits per heavy atom. The maximum Gasteiger partial charge on any atom is 0.383 e. The first-order chi connectivity index (χ1) is 8.91. The van der Waals surface area contributed by atoms with Crippen molar-refractivity contribution in [2.24, 2.45) is 0 Å². The zero-order valence-electron chi connectivity index (χ0n) is 9.46. The molecule has 1 N–H and O–H groups in total. The first kappa shape index (κ1) is 13.4. The van der Waals surface area contributed by atoms with Gasteiger partial charge < -0.3 is 14.8 Å². The number of carbonyl (C=O) groups is 1. The summed E-state index contributed by atoms with van der Waals surface area (Å²) < 4.78 is 59.2. The van der Waals surface area contributed by atoms with E-state index in [-0.39, 0.29) is 13.3 Å². The van der Waals surface area contributed by atoms with Crippen LogP contribution in [0.25, 0.3) is 0 Å². The van der Waals surface area contributed by atoms with Gasteiger partial charge in [0.2, 0.25) is 6.79 Å². The maximum atomic E-state index is 12.7. The lowest BCUT2D eigenvalue weighted by atomic mass is 10.2. The van der Waals surface area contributed by atoms with Crippen LogP contribution in [0.4, 0.5) is 17.6 Å². The second-order valence-corrected chi connectivity index (χ2v) is 3.79. The van der Waals surface area contributed by atoms with Crippen molar-refractivity contribution in [2.45, 2.75) is 18.9 Å². The van der Waals surface area contributed by atoms with Gasteiger partial charge in [0, 0.05) is 6.54 Å². The molecule has 0 unspecified atom stereocenters. The molecular weight excluding hydrogens is 270 g/mol. The van der Waals surface area contributed by atoms with E-state index in [1.807, 2.05) is 0 Å². The van der Waals surface area contributed by atoms with Gasteiger partial charge >= 0.3 is 12.3 Å². The van der Waals surface area contributed by atoms with Gasteiger partial charge in [0.25, 0.3) is 5.91 Å². The number of benzene rings is 1. The monoisotopic (exact) mass is 279 g/mol. The van der Waals surface area contributed by atoms with Gasteiger partial charge in [-0.05, 0) is 17.7 Å². The van der Waals surface area contributed by atoms with Crippen LogP contribution in [0, 0.1) is 0 Å². The highest BCUT2D eigenvalue weighted by molar-refractivity contribution is 5.83. The maximum absolute atomic E-state index is 12.7. The van der Waals surface area contributed by atoms with Gasteiger partial charge in [0.1, 0.15) is 0 Å². The molecular formula is C11H9F4NO3. The van der Waals surface area contributed by atoms with E-state index in [9.17, 15) is 22.4 Å². The second-order valence-electron chi connectivity index (χ2n) is 3.79. The Balaban J connectivity index is 1.98. The van der Waals surface area contributed by atoms with E-state index in [0.29, 0.717) is 17.1 Å². The van der Waals surface area contributed by atoms with Crippen LogP contribution in [-0.4, -0.2) is 25.0 Å². The molecule has 1 heterocycles. The number of nitrogens with one attached hydrogen (secondary N) is 1. The molecule has 0 fully saturated rings. The zero-order chi connectivity index (χ0) is 14.0. The first-order valence-electron chi connectivity index (χ1n) is 5.24. The molecule has 104 valence electrons. The summed E-state index contributed by atoms with van der Waals surface area (Å²) in [6, 6.07) is 4.52. The summed E-state index contributed by atoms with van der Waals surface area (Å²) in [4.78, 5) is 10.9. The number of hydrogen-bond donors (Lipinski definition) is 1. The van der Waals surface area contributed by atoms with Crippen molar-refractivity contribution in [3.05, 3.63) is 23.8 Å². The predicted octanol–water partition coefficient (Wildman–Crippen LogP) is 1.93. The van der Waals surface area contributed by atoms with Crippen LogP contribution in [0.5, 0.6) is 11.5 Å². The lowest BCUT2D eigenvalue weighted by molar-refractivity contribution is -0.169. The molecule has 1 aromatic rings. The van der Waals surface area contributed by atoms with Crippen molar-refractivity contribution in [3.63, 3.8) is 0 Å². The number of hydrogen-bond acceptors (Lipinski definition) is 3. The number of carbonyl (C=O) groups excluding carboxylic acids is 1. The van der Waals surface area contributed by atoms with Crippen molar-refractivity contribution in [3.8, 4) is 11.5 Å². The number of alkyl halides is 4. The van der Waals surface area contributed by atoms with Gasteiger partial charge in [-0.15, -0.1) is 0 Å². The molecule has 0 radical (unpaired) electrons. The number of fused-ring (bicyclic) bond motifs is 1. The van der Waals surface area contributed by atoms with Crippen LogP contribution in [0.15, 0.2) is 18.2 Å². The highest BCUT2D eigenvalue weighted by Crippen LogP contribution is 2.32. The topological polar surface area (TPSA) is 47.6 Å². The van der Waals surface area contributed by atoms with Gasteiger partial charge in [-0.3, -0.25) is 4.79 Å². The average molecular weight is 279 g/mol. The summed E-state index contributed by atoms with van der Waals surface area (Å²) in [6.07, 6.45) is -4.04. The second kappa shape index (κ2) is 4.94. The molecule has 1 aliphatic heterocycles. The molecule has 0 aromatic heterocycles. The van der Waals surface area contributed by atoms with Crippen molar-refractivity contribution >= 4 is 5.91 Å². The van der Waals surface area contributed by atoms with Gasteiger partial charge in [-0.1, -0.05) is 6.07 Å². The van der Waals surface area contributed by atoms with Crippen molar-refractivity contribution < 1.29 is 31.8 Å². The fourth-order valence-electron chi connectivity index (χ4n) is 1.45. The first-order valence-corrected chi connectivity index (χ1v) is 5.24. The quantitative estimate of drug-likeness (QED) is 0.857. The molecule has 0 spiro atoms. The molecule has 4 nitrogen and oxygen atoms in total. The van der Waals surface area contributed by atoms with E-state index >= 15 is 0 Å². The smallest absolute Gasteiger partial charge is 0.383 e. The molecule has 1 aromatic carbocycles. The largest absolute Gasteiger partial charge is 0.454 e. The number of amides is 1. The Kier molecular flexibility index (Phi) is 3.50. The molecule has 19 heavy (non-hydrogen) atoms. The Hall–Kier alpha value is -1.99. The molecule has 2 rings (SSSR count). The Morgan fingerprint density at radius 3 is 2.68 bits per heavy atom. The van der Waals surface area contributed by atoms with Gasteiger partial charge in [0.05, 0.1) is 0 Å². The molecule has 0 atom stereocenters. The summed E-state index contributed by atoms with van der Waals surface area (Å²) in [5.74, 6) is -5.81. The van der Waals surface area contributed by atoms with Crippen LogP contribution in [0.2, 0.25) is 0 Å². The van der Waals surface area contributed by atoms with Crippen LogP contribution in [0.3, 0.4) is 0 Å². The van der Waals surface area contributed by atoms with Crippen LogP contribution < -0.4 is 14.8 Å². The molecule has 8 heteroatoms. The lowest BCUT2D eigenvalue weighted by Gasteiger charge is -2.14. The van der Waals surface area contributed by atoms with Gasteiger partial charge in [0.15, 0.2) is 11.5 Å². The minimum Gasteiger partial charge on any atom is -0.454 e. The standard InChI is InChI=1S/C11H9F4NO3/c12-9(13)11(14,15)10(17)16-4-6-1-2-7-8(3-6)19-5-18-7/h1-3,9H,4-5H2,(H,16,17). The van der Waals surface area contributed by atoms with Gasteiger partial charge in [-0.2, -0.15) is 8.78 Å². The van der Waals surface area contributed by atoms with Crippen LogP contribution in [0.1, 0.15) is 5.56 Å². The summed E-state index contributed by atoms with van der Waals surface area (Å²) in [7, 11) is 0. The highest BCUT2D eigenvalue weighted by Gasteiger charge is 2.48. The fraction of sp³-hybridized carbons (Fsp3) is 0.364. The van der Waals surface area contributed by atoms with E-state index in [1.165, 1.54) is 18.2 Å². The summed E-state index contributed by atoms with van der Waals surface area (Å²) in [5.41, 5.74) is 0.433. The van der Waals surface area contributed by atoms with Crippen LogP contribution >= 0.6 is 0 Å². The highest BCUT2D eigenvalue weighted by atomic mass is 19.3. The van der Waals surface area contributed by atoms with Crippen molar-refractivity contribution in [1.29, 1.82) is 0 Å². The zero-order valence-corrected chi connectivity index (χ0v) is 9.46. The minimum atomic E-state index is -4.70. The van der Waals surface area contributed by atoms with E-state index in [2.05, 4.69) is 0 Å². The predicted molar refractivity (Wildman–Crippen MR) is 55.4 cm³/mol. The fourth-order valence-corrected chi connectivity index (χ4v) is 1.45. The number of ether oxygens (including phenoxy) is 2. The Morgan fingerprint density at radius 2 is 2.00 bits per heavy atom. The minimum absolute atomic E-state index is 0.0502. The Bertz CT molecular complexity index is 493. The van der Waals surface area contributed by atoms with Crippen LogP contribution in [-0.2, 0) is 11.3 Å². The molecule has 0 saturated heterocycles. The van der Waals surface area contributed by atoms with E-state index in [1.54, 1.807) is 5.32 Å². The molecule has 1 amide bonds. The van der Waals surface area contributed by atoms with Crippen molar-refractivity contribution in [2.75, 3.05) is 6.79 Å². The summed E-state index contributed by atoms with van der Waals surface area (Å²) in [5, 5.41) is 1.75. The van der Waals surface area contributed by atoms with E-state index < -0.39 is 18.3 Å². The third kappa shape index (κ3) is 2.72. The molecule has 0 aliphatic carbocycles. The third-order valence-corrected chi connectivity index (χ3v) is 2.47. The molecule has 0 bridgehead atoms. The molecule has 1 aliphatic rings. The SMILES string of the molecule is O=C(NCc1ccc2c(c1)OCO2)C(F)(F)C(F)F. The van der Waals surface area contributed by atoms with E-state index in [0.717, 1.165) is 0 Å². The normalized spacial score (nSPS) is 13.7. The Labute approximate surface area is 105 Å². The summed E-state index contributed by atoms with van der Waals surface area (Å²) in [6.45, 7) is -0.258. The lowest BCUT2D eigenvalue weighted by Crippen LogP contribution is -2.44. The average Bonchev–Trinajstić information content (AvgIpc) is 2.82. The molecule has 0 saturated carbocycles.